The Bertz CT molecular complexity index is 116. The van der Waals surface area contributed by atoms with Crippen molar-refractivity contribution in [3.05, 3.63) is 12.5 Å². The molecule has 0 saturated carbocycles. The highest BCUT2D eigenvalue weighted by Crippen LogP contribution is 2.00. The fraction of sp³-hybridized carbons (Fsp3) is 0.625. The molecule has 0 aliphatic heterocycles. The van der Waals surface area contributed by atoms with Gasteiger partial charge in [0.25, 0.3) is 0 Å². The number of aliphatic imine (C=N–C) groups is 1. The highest BCUT2D eigenvalue weighted by Gasteiger charge is 1.88. The van der Waals surface area contributed by atoms with Gasteiger partial charge in [-0.3, -0.25) is 4.99 Å². The van der Waals surface area contributed by atoms with Crippen molar-refractivity contribution in [3.63, 3.8) is 0 Å². The summed E-state index contributed by atoms with van der Waals surface area (Å²) in [5, 5.41) is 8.18. The Morgan fingerprint density at radius 1 is 1.50 bits per heavy atom. The molecular weight excluding hydrogens is 126 g/mol. The molecule has 10 heavy (non-hydrogen) atoms. The van der Waals surface area contributed by atoms with Gasteiger partial charge in [0.05, 0.1) is 12.5 Å². The number of nitrogens with zero attached hydrogens (tertiary/aromatic N) is 1. The molecule has 0 spiro atoms. The monoisotopic (exact) mass is 141 g/mol. The predicted molar refractivity (Wildman–Crippen MR) is 44.3 cm³/mol. The fourth-order valence-corrected chi connectivity index (χ4v) is 0.582. The summed E-state index contributed by atoms with van der Waals surface area (Å²) in [5.74, 6) is 0.726. The van der Waals surface area contributed by atoms with Gasteiger partial charge in [-0.05, 0) is 18.8 Å². The summed E-state index contributed by atoms with van der Waals surface area (Å²) < 4.78 is 0. The Morgan fingerprint density at radius 2 is 2.20 bits per heavy atom. The Labute approximate surface area is 62.3 Å². The molecule has 0 amide bonds. The van der Waals surface area contributed by atoms with Crippen LogP contribution in [0.4, 0.5) is 0 Å². The molecular formula is C8H15NO. The highest BCUT2D eigenvalue weighted by atomic mass is 16.2. The minimum atomic E-state index is 0.726. The summed E-state index contributed by atoms with van der Waals surface area (Å²) in [5.41, 5.74) is 0. The zero-order valence-corrected chi connectivity index (χ0v) is 6.62. The molecule has 2 nitrogen and oxygen atoms in total. The minimum absolute atomic E-state index is 0.726. The van der Waals surface area contributed by atoms with Crippen LogP contribution in [0, 0.1) is 5.92 Å². The lowest BCUT2D eigenvalue weighted by Gasteiger charge is -1.97. The molecule has 0 aromatic carbocycles. The first-order chi connectivity index (χ1) is 4.77. The predicted octanol–water partition coefficient (Wildman–Crippen LogP) is 2.52. The summed E-state index contributed by atoms with van der Waals surface area (Å²) in [6, 6.07) is 0. The number of hydrogen-bond acceptors (Lipinski definition) is 2. The fourth-order valence-electron chi connectivity index (χ4n) is 0.582. The van der Waals surface area contributed by atoms with Gasteiger partial charge in [0.1, 0.15) is 0 Å². The maximum absolute atomic E-state index is 8.18. The lowest BCUT2D eigenvalue weighted by molar-refractivity contribution is 0.472. The van der Waals surface area contributed by atoms with Gasteiger partial charge in [-0.15, -0.1) is 0 Å². The molecule has 0 aliphatic carbocycles. The number of aliphatic hydroxyl groups is 1. The van der Waals surface area contributed by atoms with Crippen LogP contribution in [-0.2, 0) is 0 Å². The topological polar surface area (TPSA) is 32.6 Å². The minimum Gasteiger partial charge on any atom is -0.514 e. The third-order valence-electron chi connectivity index (χ3n) is 1.13. The summed E-state index contributed by atoms with van der Waals surface area (Å²) in [6.45, 7) is 4.35. The van der Waals surface area contributed by atoms with E-state index >= 15 is 0 Å². The van der Waals surface area contributed by atoms with Crippen LogP contribution in [0.5, 0.6) is 0 Å². The van der Waals surface area contributed by atoms with Crippen LogP contribution in [0.15, 0.2) is 17.5 Å². The van der Waals surface area contributed by atoms with Crippen LogP contribution < -0.4 is 0 Å². The third kappa shape index (κ3) is 7.21. The first kappa shape index (κ1) is 9.21. The van der Waals surface area contributed by atoms with Crippen molar-refractivity contribution in [1.29, 1.82) is 0 Å². The average Bonchev–Trinajstić information content (AvgIpc) is 1.87. The maximum Gasteiger partial charge on any atom is 0.0974 e. The van der Waals surface area contributed by atoms with Gasteiger partial charge < -0.3 is 5.11 Å². The molecule has 0 radical (unpaired) electrons. The molecule has 0 aromatic heterocycles. The van der Waals surface area contributed by atoms with Gasteiger partial charge in [-0.25, -0.2) is 0 Å². The second-order valence-corrected chi connectivity index (χ2v) is 2.60. The highest BCUT2D eigenvalue weighted by molar-refractivity contribution is 5.57. The summed E-state index contributed by atoms with van der Waals surface area (Å²) in [6.07, 6.45) is 6.27. The molecule has 58 valence electrons. The van der Waals surface area contributed by atoms with Crippen molar-refractivity contribution >= 4 is 6.21 Å². The van der Waals surface area contributed by atoms with E-state index in [4.69, 9.17) is 5.11 Å². The lowest BCUT2D eigenvalue weighted by Crippen LogP contribution is -1.86. The van der Waals surface area contributed by atoms with E-state index in [0.29, 0.717) is 0 Å². The molecule has 0 aromatic rings. The lowest BCUT2D eigenvalue weighted by atomic mass is 10.1. The zero-order valence-electron chi connectivity index (χ0n) is 6.62. The van der Waals surface area contributed by atoms with Crippen molar-refractivity contribution in [2.45, 2.75) is 26.7 Å². The van der Waals surface area contributed by atoms with E-state index in [1.807, 2.05) is 6.21 Å². The van der Waals surface area contributed by atoms with E-state index in [-0.39, 0.29) is 0 Å². The molecule has 2 heteroatoms. The smallest absolute Gasteiger partial charge is 0.0974 e. The van der Waals surface area contributed by atoms with Gasteiger partial charge in [-0.1, -0.05) is 13.8 Å². The molecule has 0 atom stereocenters. The van der Waals surface area contributed by atoms with Gasteiger partial charge in [0.15, 0.2) is 0 Å². The van der Waals surface area contributed by atoms with E-state index in [9.17, 15) is 0 Å². The normalized spacial score (nSPS) is 12.3. The SMILES string of the molecule is CC(C)CCC=N/C=C\O. The molecule has 0 heterocycles. The van der Waals surface area contributed by atoms with Crippen molar-refractivity contribution in [2.75, 3.05) is 0 Å². The van der Waals surface area contributed by atoms with Crippen molar-refractivity contribution in [2.24, 2.45) is 10.9 Å². The van der Waals surface area contributed by atoms with Gasteiger partial charge in [-0.2, -0.15) is 0 Å². The number of aliphatic hydroxyl groups excluding tert-OH is 1. The van der Waals surface area contributed by atoms with E-state index in [1.165, 1.54) is 6.20 Å². The number of rotatable bonds is 4. The summed E-state index contributed by atoms with van der Waals surface area (Å²) >= 11 is 0. The van der Waals surface area contributed by atoms with Gasteiger partial charge in [0, 0.05) is 6.21 Å². The van der Waals surface area contributed by atoms with Crippen LogP contribution in [0.3, 0.4) is 0 Å². The largest absolute Gasteiger partial charge is 0.514 e. The molecule has 0 saturated heterocycles. The van der Waals surface area contributed by atoms with Crippen LogP contribution >= 0.6 is 0 Å². The standard InChI is InChI=1S/C8H15NO/c1-8(2)4-3-5-9-6-7-10/h5-8,10H,3-4H2,1-2H3/b7-6-,9-5?. The van der Waals surface area contributed by atoms with Crippen LogP contribution in [-0.4, -0.2) is 11.3 Å². The number of hydrogen-bond donors (Lipinski definition) is 1. The van der Waals surface area contributed by atoms with Crippen molar-refractivity contribution in [1.82, 2.24) is 0 Å². The first-order valence-electron chi connectivity index (χ1n) is 3.58. The second kappa shape index (κ2) is 6.33. The van der Waals surface area contributed by atoms with E-state index in [1.54, 1.807) is 0 Å². The first-order valence-corrected chi connectivity index (χ1v) is 3.58. The van der Waals surface area contributed by atoms with Crippen molar-refractivity contribution < 1.29 is 5.11 Å². The Hall–Kier alpha value is -0.790. The summed E-state index contributed by atoms with van der Waals surface area (Å²) in [7, 11) is 0. The zero-order chi connectivity index (χ0) is 7.82. The van der Waals surface area contributed by atoms with E-state index < -0.39 is 0 Å². The Morgan fingerprint density at radius 3 is 2.70 bits per heavy atom. The van der Waals surface area contributed by atoms with Crippen LogP contribution in [0.25, 0.3) is 0 Å². The van der Waals surface area contributed by atoms with E-state index in [2.05, 4.69) is 18.8 Å². The van der Waals surface area contributed by atoms with E-state index in [0.717, 1.165) is 25.0 Å². The second-order valence-electron chi connectivity index (χ2n) is 2.60. The van der Waals surface area contributed by atoms with Crippen LogP contribution in [0.2, 0.25) is 0 Å². The quantitative estimate of drug-likeness (QED) is 0.473. The van der Waals surface area contributed by atoms with Crippen LogP contribution in [0.1, 0.15) is 26.7 Å². The van der Waals surface area contributed by atoms with Gasteiger partial charge in [0.2, 0.25) is 0 Å². The average molecular weight is 141 g/mol. The molecule has 0 bridgehead atoms. The molecule has 0 aliphatic rings. The maximum atomic E-state index is 8.18. The molecule has 0 rings (SSSR count). The Kier molecular flexibility index (Phi) is 5.83. The molecule has 0 unspecified atom stereocenters. The summed E-state index contributed by atoms with van der Waals surface area (Å²) in [4.78, 5) is 3.81. The molecule has 1 N–H and O–H groups in total. The van der Waals surface area contributed by atoms with Crippen molar-refractivity contribution in [3.8, 4) is 0 Å². The molecule has 0 fully saturated rings. The Balaban J connectivity index is 3.18. The van der Waals surface area contributed by atoms with Gasteiger partial charge >= 0.3 is 0 Å². The third-order valence-corrected chi connectivity index (χ3v) is 1.13.